The molecule has 1 saturated heterocycles. The first-order chi connectivity index (χ1) is 15.7. The largest absolute Gasteiger partial charge is 0.465 e. The summed E-state index contributed by atoms with van der Waals surface area (Å²) in [6.45, 7) is 5.82. The maximum absolute atomic E-state index is 13.6. The number of aromatic nitrogens is 1. The lowest BCUT2D eigenvalue weighted by molar-refractivity contribution is -0.383. The second-order valence-corrected chi connectivity index (χ2v) is 8.89. The molecule has 0 atom stereocenters. The number of likely N-dealkylation sites (tertiary alicyclic amines) is 1. The normalized spacial score (nSPS) is 14.4. The fourth-order valence-corrected chi connectivity index (χ4v) is 4.38. The number of hydrogen-bond acceptors (Lipinski definition) is 5. The zero-order valence-electron chi connectivity index (χ0n) is 18.9. The lowest BCUT2D eigenvalue weighted by Gasteiger charge is -2.32. The van der Waals surface area contributed by atoms with Gasteiger partial charge < -0.3 is 19.9 Å². The molecule has 0 radical (unpaired) electrons. The number of nitro groups is 1. The van der Waals surface area contributed by atoms with Crippen LogP contribution in [0.5, 0.6) is 0 Å². The van der Waals surface area contributed by atoms with Gasteiger partial charge in [-0.2, -0.15) is 5.26 Å². The number of carbonyl (C=O) groups is 2. The number of piperidine rings is 1. The van der Waals surface area contributed by atoms with Gasteiger partial charge in [0.25, 0.3) is 5.91 Å². The summed E-state index contributed by atoms with van der Waals surface area (Å²) >= 11 is 0. The molecule has 1 aromatic carbocycles. The number of fused-ring (bicyclic) bond motifs is 1. The summed E-state index contributed by atoms with van der Waals surface area (Å²) in [6, 6.07) is 6.77. The van der Waals surface area contributed by atoms with Crippen LogP contribution in [0, 0.1) is 33.3 Å². The lowest BCUT2D eigenvalue weighted by atomic mass is 9.93. The van der Waals surface area contributed by atoms with E-state index in [1.807, 2.05) is 13.8 Å². The Morgan fingerprint density at radius 2 is 2.03 bits per heavy atom. The molecule has 0 saturated carbocycles. The van der Waals surface area contributed by atoms with E-state index >= 15 is 0 Å². The van der Waals surface area contributed by atoms with Crippen molar-refractivity contribution in [2.75, 3.05) is 19.6 Å². The van der Waals surface area contributed by atoms with E-state index < -0.39 is 11.0 Å². The van der Waals surface area contributed by atoms with Crippen molar-refractivity contribution in [3.63, 3.8) is 0 Å². The Hall–Kier alpha value is -3.61. The molecule has 2 N–H and O–H groups in total. The molecule has 1 aliphatic heterocycles. The smallest absolute Gasteiger partial charge is 0.404 e. The summed E-state index contributed by atoms with van der Waals surface area (Å²) in [7, 11) is 0. The van der Waals surface area contributed by atoms with Crippen LogP contribution >= 0.6 is 0 Å². The van der Waals surface area contributed by atoms with E-state index in [0.717, 1.165) is 6.42 Å². The van der Waals surface area contributed by atoms with Gasteiger partial charge in [0.2, 0.25) is 0 Å². The third kappa shape index (κ3) is 5.42. The standard InChI is InChI=1S/C23H29N5O5/c1-15(2)6-12-27-19-13-17(14-24)3-4-18(19)20(28(32)33)21(27)22(29)26-10-7-16(8-11-26)5-9-25-23(30)31/h3-4,13,15-16,25H,5-12H2,1-2H3,(H,30,31). The van der Waals surface area contributed by atoms with Crippen molar-refractivity contribution in [1.29, 1.82) is 5.26 Å². The van der Waals surface area contributed by atoms with Gasteiger partial charge in [0.1, 0.15) is 0 Å². The minimum absolute atomic E-state index is 0.0664. The van der Waals surface area contributed by atoms with Crippen LogP contribution in [0.3, 0.4) is 0 Å². The number of carboxylic acid groups (broad SMARTS) is 1. The van der Waals surface area contributed by atoms with Crippen molar-refractivity contribution in [2.45, 2.75) is 46.1 Å². The molecule has 0 aliphatic carbocycles. The van der Waals surface area contributed by atoms with E-state index in [9.17, 15) is 25.0 Å². The fraction of sp³-hybridized carbons (Fsp3) is 0.522. The zero-order valence-corrected chi connectivity index (χ0v) is 18.9. The highest BCUT2D eigenvalue weighted by Crippen LogP contribution is 2.36. The van der Waals surface area contributed by atoms with E-state index in [0.29, 0.717) is 73.7 Å². The minimum Gasteiger partial charge on any atom is -0.465 e. The van der Waals surface area contributed by atoms with Crippen molar-refractivity contribution in [3.05, 3.63) is 39.6 Å². The Morgan fingerprint density at radius 1 is 1.33 bits per heavy atom. The predicted molar refractivity (Wildman–Crippen MR) is 122 cm³/mol. The lowest BCUT2D eigenvalue weighted by Crippen LogP contribution is -2.40. The molecule has 2 heterocycles. The van der Waals surface area contributed by atoms with Gasteiger partial charge in [-0.15, -0.1) is 0 Å². The van der Waals surface area contributed by atoms with E-state index in [2.05, 4.69) is 11.4 Å². The Bertz CT molecular complexity index is 1090. The molecular formula is C23H29N5O5. The van der Waals surface area contributed by atoms with Crippen LogP contribution in [-0.2, 0) is 6.54 Å². The number of benzene rings is 1. The highest BCUT2D eigenvalue weighted by Gasteiger charge is 2.35. The Balaban J connectivity index is 1.92. The van der Waals surface area contributed by atoms with Crippen LogP contribution in [0.4, 0.5) is 10.5 Å². The summed E-state index contributed by atoms with van der Waals surface area (Å²) in [6.07, 6.45) is 1.80. The van der Waals surface area contributed by atoms with Gasteiger partial charge in [-0.1, -0.05) is 13.8 Å². The number of nitriles is 1. The van der Waals surface area contributed by atoms with Gasteiger partial charge in [0, 0.05) is 26.2 Å². The number of nitrogens with one attached hydrogen (secondary N) is 1. The maximum atomic E-state index is 13.6. The molecule has 3 rings (SSSR count). The summed E-state index contributed by atoms with van der Waals surface area (Å²) in [4.78, 5) is 37.4. The molecule has 10 nitrogen and oxygen atoms in total. The minimum atomic E-state index is -1.05. The van der Waals surface area contributed by atoms with Crippen LogP contribution < -0.4 is 5.32 Å². The van der Waals surface area contributed by atoms with Crippen molar-refractivity contribution >= 4 is 28.6 Å². The molecule has 1 fully saturated rings. The van der Waals surface area contributed by atoms with Crippen LogP contribution in [-0.4, -0.2) is 51.1 Å². The highest BCUT2D eigenvalue weighted by atomic mass is 16.6. The average molecular weight is 456 g/mol. The first-order valence-corrected chi connectivity index (χ1v) is 11.2. The van der Waals surface area contributed by atoms with Gasteiger partial charge >= 0.3 is 11.8 Å². The highest BCUT2D eigenvalue weighted by molar-refractivity contribution is 6.06. The van der Waals surface area contributed by atoms with Crippen molar-refractivity contribution in [3.8, 4) is 6.07 Å². The van der Waals surface area contributed by atoms with Crippen molar-refractivity contribution < 1.29 is 19.6 Å². The van der Waals surface area contributed by atoms with Crippen LogP contribution in [0.25, 0.3) is 10.9 Å². The van der Waals surface area contributed by atoms with E-state index in [-0.39, 0.29) is 17.3 Å². The molecule has 1 aromatic heterocycles. The molecule has 10 heteroatoms. The van der Waals surface area contributed by atoms with E-state index in [1.54, 1.807) is 21.6 Å². The molecule has 2 amide bonds. The van der Waals surface area contributed by atoms with E-state index in [1.165, 1.54) is 6.07 Å². The molecule has 176 valence electrons. The maximum Gasteiger partial charge on any atom is 0.404 e. The number of aryl methyl sites for hydroxylation is 1. The van der Waals surface area contributed by atoms with Crippen LogP contribution in [0.15, 0.2) is 18.2 Å². The summed E-state index contributed by atoms with van der Waals surface area (Å²) in [5.41, 5.74) is 0.766. The predicted octanol–water partition coefficient (Wildman–Crippen LogP) is 3.98. The van der Waals surface area contributed by atoms with Crippen LogP contribution in [0.2, 0.25) is 0 Å². The number of rotatable bonds is 8. The quantitative estimate of drug-likeness (QED) is 0.455. The molecule has 0 unspecified atom stereocenters. The molecule has 1 aliphatic rings. The van der Waals surface area contributed by atoms with Crippen molar-refractivity contribution in [1.82, 2.24) is 14.8 Å². The molecule has 0 bridgehead atoms. The Kier molecular flexibility index (Phi) is 7.53. The van der Waals surface area contributed by atoms with E-state index in [4.69, 9.17) is 5.11 Å². The third-order valence-corrected chi connectivity index (χ3v) is 6.21. The molecular weight excluding hydrogens is 426 g/mol. The summed E-state index contributed by atoms with van der Waals surface area (Å²) in [5.74, 6) is 0.252. The topological polar surface area (TPSA) is 142 Å². The number of carbonyl (C=O) groups excluding carboxylic acids is 1. The Labute approximate surface area is 191 Å². The zero-order chi connectivity index (χ0) is 24.1. The monoisotopic (exact) mass is 455 g/mol. The SMILES string of the molecule is CC(C)CCn1c(C(=O)N2CCC(CCNC(=O)O)CC2)c([N+](=O)[O-])c2ccc(C#N)cc21. The van der Waals surface area contributed by atoms with Gasteiger partial charge in [-0.3, -0.25) is 14.9 Å². The average Bonchev–Trinajstić information content (AvgIpc) is 3.11. The molecule has 2 aromatic rings. The Morgan fingerprint density at radius 3 is 2.61 bits per heavy atom. The second-order valence-electron chi connectivity index (χ2n) is 8.89. The molecule has 0 spiro atoms. The number of hydrogen-bond donors (Lipinski definition) is 2. The summed E-state index contributed by atoms with van der Waals surface area (Å²) in [5, 5.41) is 32.8. The number of nitrogens with zero attached hydrogens (tertiary/aromatic N) is 4. The van der Waals surface area contributed by atoms with Gasteiger partial charge in [0.15, 0.2) is 5.69 Å². The third-order valence-electron chi connectivity index (χ3n) is 6.21. The van der Waals surface area contributed by atoms with Crippen molar-refractivity contribution in [2.24, 2.45) is 11.8 Å². The molecule has 33 heavy (non-hydrogen) atoms. The first-order valence-electron chi connectivity index (χ1n) is 11.2. The van der Waals surface area contributed by atoms with Crippen LogP contribution in [0.1, 0.15) is 55.6 Å². The van der Waals surface area contributed by atoms with Gasteiger partial charge in [0.05, 0.1) is 27.5 Å². The number of amides is 2. The van der Waals surface area contributed by atoms with Gasteiger partial charge in [-0.25, -0.2) is 4.79 Å². The first kappa shape index (κ1) is 24.0. The van der Waals surface area contributed by atoms with Gasteiger partial charge in [-0.05, 0) is 55.7 Å². The summed E-state index contributed by atoms with van der Waals surface area (Å²) < 4.78 is 1.71. The fourth-order valence-electron chi connectivity index (χ4n) is 4.38. The second kappa shape index (κ2) is 10.3.